The molecule has 2 aromatic rings. The third-order valence-corrected chi connectivity index (χ3v) is 4.23. The van der Waals surface area contributed by atoms with Gasteiger partial charge in [-0.15, -0.1) is 0 Å². The van der Waals surface area contributed by atoms with E-state index >= 15 is 0 Å². The summed E-state index contributed by atoms with van der Waals surface area (Å²) in [5, 5.41) is 6.85. The molecule has 5 nitrogen and oxygen atoms in total. The molecule has 0 bridgehead atoms. The smallest absolute Gasteiger partial charge is 0.339 e. The van der Waals surface area contributed by atoms with Crippen LogP contribution in [0.2, 0.25) is 0 Å². The van der Waals surface area contributed by atoms with Crippen LogP contribution < -0.4 is 10.1 Å². The maximum absolute atomic E-state index is 12.3. The Morgan fingerprint density at radius 2 is 1.88 bits per heavy atom. The van der Waals surface area contributed by atoms with Gasteiger partial charge in [-0.1, -0.05) is 0 Å². The number of rotatable bonds is 7. The standard InChI is InChI=1S/C18H21NO4S/c1-18(2,17(21)19-10-8-13-9-11-24-12-13)23-16(20)14-4-6-15(22-3)7-5-14/h4-7,9,11-12H,8,10H2,1-3H3,(H,19,21). The minimum absolute atomic E-state index is 0.320. The van der Waals surface area contributed by atoms with Crippen molar-refractivity contribution in [3.05, 3.63) is 52.2 Å². The van der Waals surface area contributed by atoms with Crippen molar-refractivity contribution in [2.75, 3.05) is 13.7 Å². The molecular weight excluding hydrogens is 326 g/mol. The van der Waals surface area contributed by atoms with Gasteiger partial charge in [-0.05, 0) is 66.9 Å². The van der Waals surface area contributed by atoms with Gasteiger partial charge in [-0.25, -0.2) is 4.79 Å². The number of nitrogens with one attached hydrogen (secondary N) is 1. The molecule has 0 unspecified atom stereocenters. The Hall–Kier alpha value is -2.34. The van der Waals surface area contributed by atoms with E-state index < -0.39 is 11.6 Å². The molecule has 6 heteroatoms. The topological polar surface area (TPSA) is 64.6 Å². The van der Waals surface area contributed by atoms with Gasteiger partial charge in [0.25, 0.3) is 5.91 Å². The first-order valence-corrected chi connectivity index (χ1v) is 8.53. The molecule has 0 radical (unpaired) electrons. The number of thiophene rings is 1. The van der Waals surface area contributed by atoms with Crippen LogP contribution in [0.3, 0.4) is 0 Å². The van der Waals surface area contributed by atoms with Crippen molar-refractivity contribution in [2.45, 2.75) is 25.9 Å². The van der Waals surface area contributed by atoms with Crippen molar-refractivity contribution in [3.63, 3.8) is 0 Å². The molecule has 1 aromatic heterocycles. The minimum atomic E-state index is -1.24. The number of hydrogen-bond acceptors (Lipinski definition) is 5. The van der Waals surface area contributed by atoms with Crippen LogP contribution in [0.25, 0.3) is 0 Å². The van der Waals surface area contributed by atoms with E-state index in [9.17, 15) is 9.59 Å². The number of benzene rings is 1. The number of carbonyl (C=O) groups excluding carboxylic acids is 2. The van der Waals surface area contributed by atoms with Crippen LogP contribution in [0.1, 0.15) is 29.8 Å². The lowest BCUT2D eigenvalue weighted by Crippen LogP contribution is -2.46. The average molecular weight is 347 g/mol. The summed E-state index contributed by atoms with van der Waals surface area (Å²) in [5.41, 5.74) is 0.300. The molecule has 0 aliphatic rings. The van der Waals surface area contributed by atoms with E-state index in [0.717, 1.165) is 6.42 Å². The zero-order valence-corrected chi connectivity index (χ0v) is 14.8. The summed E-state index contributed by atoms with van der Waals surface area (Å²) >= 11 is 1.62. The Kier molecular flexibility index (Phi) is 5.98. The highest BCUT2D eigenvalue weighted by Crippen LogP contribution is 2.16. The van der Waals surface area contributed by atoms with Gasteiger partial charge in [-0.3, -0.25) is 4.79 Å². The van der Waals surface area contributed by atoms with Crippen LogP contribution in [-0.2, 0) is 16.0 Å². The Labute approximate surface area is 145 Å². The van der Waals surface area contributed by atoms with E-state index in [1.807, 2.05) is 16.8 Å². The molecule has 0 spiro atoms. The zero-order chi connectivity index (χ0) is 17.6. The lowest BCUT2D eigenvalue weighted by Gasteiger charge is -2.24. The number of amides is 1. The summed E-state index contributed by atoms with van der Waals surface area (Å²) in [7, 11) is 1.55. The SMILES string of the molecule is COc1ccc(C(=O)OC(C)(C)C(=O)NCCc2ccsc2)cc1. The fraction of sp³-hybridized carbons (Fsp3) is 0.333. The average Bonchev–Trinajstić information content (AvgIpc) is 3.07. The third-order valence-electron chi connectivity index (χ3n) is 3.50. The molecule has 0 aliphatic heterocycles. The minimum Gasteiger partial charge on any atom is -0.497 e. The van der Waals surface area contributed by atoms with Crippen molar-refractivity contribution in [3.8, 4) is 5.75 Å². The van der Waals surface area contributed by atoms with Gasteiger partial charge in [0, 0.05) is 6.54 Å². The molecule has 1 aromatic carbocycles. The van der Waals surface area contributed by atoms with Gasteiger partial charge in [0.1, 0.15) is 5.75 Å². The van der Waals surface area contributed by atoms with E-state index in [0.29, 0.717) is 17.9 Å². The monoisotopic (exact) mass is 347 g/mol. The molecule has 0 fully saturated rings. The first-order valence-electron chi connectivity index (χ1n) is 7.59. The van der Waals surface area contributed by atoms with Crippen molar-refractivity contribution in [2.24, 2.45) is 0 Å². The molecular formula is C18H21NO4S. The van der Waals surface area contributed by atoms with Gasteiger partial charge in [0.2, 0.25) is 0 Å². The van der Waals surface area contributed by atoms with E-state index in [-0.39, 0.29) is 5.91 Å². The summed E-state index contributed by atoms with van der Waals surface area (Å²) in [5.74, 6) is -0.216. The van der Waals surface area contributed by atoms with Crippen LogP contribution in [0.5, 0.6) is 5.75 Å². The highest BCUT2D eigenvalue weighted by Gasteiger charge is 2.32. The lowest BCUT2D eigenvalue weighted by molar-refractivity contribution is -0.137. The second-order valence-electron chi connectivity index (χ2n) is 5.77. The Morgan fingerprint density at radius 3 is 2.46 bits per heavy atom. The molecule has 1 heterocycles. The first kappa shape index (κ1) is 18.0. The normalized spacial score (nSPS) is 11.0. The number of methoxy groups -OCH3 is 1. The fourth-order valence-electron chi connectivity index (χ4n) is 2.03. The molecule has 0 saturated carbocycles. The lowest BCUT2D eigenvalue weighted by atomic mass is 10.1. The largest absolute Gasteiger partial charge is 0.497 e. The van der Waals surface area contributed by atoms with E-state index in [1.54, 1.807) is 56.6 Å². The van der Waals surface area contributed by atoms with Crippen LogP contribution in [0.4, 0.5) is 0 Å². The van der Waals surface area contributed by atoms with Gasteiger partial charge in [0.15, 0.2) is 5.60 Å². The zero-order valence-electron chi connectivity index (χ0n) is 14.0. The Balaban J connectivity index is 1.88. The van der Waals surface area contributed by atoms with Crippen LogP contribution in [0.15, 0.2) is 41.1 Å². The summed E-state index contributed by atoms with van der Waals surface area (Å²) in [6.45, 7) is 3.65. The molecule has 2 rings (SSSR count). The van der Waals surface area contributed by atoms with Gasteiger partial charge < -0.3 is 14.8 Å². The summed E-state index contributed by atoms with van der Waals surface area (Å²) in [4.78, 5) is 24.4. The van der Waals surface area contributed by atoms with Crippen LogP contribution in [-0.4, -0.2) is 31.1 Å². The summed E-state index contributed by atoms with van der Waals surface area (Å²) in [6.07, 6.45) is 0.748. The second-order valence-corrected chi connectivity index (χ2v) is 6.55. The van der Waals surface area contributed by atoms with Crippen molar-refractivity contribution >= 4 is 23.2 Å². The maximum atomic E-state index is 12.3. The van der Waals surface area contributed by atoms with E-state index in [1.165, 1.54) is 5.56 Å². The summed E-state index contributed by atoms with van der Waals surface area (Å²) < 4.78 is 10.4. The fourth-order valence-corrected chi connectivity index (χ4v) is 2.74. The molecule has 24 heavy (non-hydrogen) atoms. The van der Waals surface area contributed by atoms with Gasteiger partial charge in [-0.2, -0.15) is 11.3 Å². The van der Waals surface area contributed by atoms with Crippen LogP contribution >= 0.6 is 11.3 Å². The molecule has 0 atom stereocenters. The molecule has 1 amide bonds. The van der Waals surface area contributed by atoms with E-state index in [4.69, 9.17) is 9.47 Å². The number of ether oxygens (including phenoxy) is 2. The summed E-state index contributed by atoms with van der Waals surface area (Å²) in [6, 6.07) is 8.57. The van der Waals surface area contributed by atoms with Crippen molar-refractivity contribution in [1.82, 2.24) is 5.32 Å². The van der Waals surface area contributed by atoms with Crippen molar-refractivity contribution in [1.29, 1.82) is 0 Å². The molecule has 0 aliphatic carbocycles. The number of esters is 1. The van der Waals surface area contributed by atoms with Gasteiger partial charge >= 0.3 is 5.97 Å². The van der Waals surface area contributed by atoms with Crippen molar-refractivity contribution < 1.29 is 19.1 Å². The highest BCUT2D eigenvalue weighted by atomic mass is 32.1. The predicted octanol–water partition coefficient (Wildman–Crippen LogP) is 3.05. The second kappa shape index (κ2) is 7.97. The Morgan fingerprint density at radius 1 is 1.17 bits per heavy atom. The van der Waals surface area contributed by atoms with Gasteiger partial charge in [0.05, 0.1) is 12.7 Å². The van der Waals surface area contributed by atoms with Crippen LogP contribution in [0, 0.1) is 0 Å². The highest BCUT2D eigenvalue weighted by molar-refractivity contribution is 7.07. The molecule has 128 valence electrons. The third kappa shape index (κ3) is 4.83. The first-order chi connectivity index (χ1) is 11.4. The molecule has 0 saturated heterocycles. The maximum Gasteiger partial charge on any atom is 0.339 e. The number of hydrogen-bond donors (Lipinski definition) is 1. The van der Waals surface area contributed by atoms with E-state index in [2.05, 4.69) is 5.32 Å². The quantitative estimate of drug-likeness (QED) is 0.782. The Bertz CT molecular complexity index is 678. The predicted molar refractivity (Wildman–Crippen MR) is 93.5 cm³/mol. The molecule has 1 N–H and O–H groups in total. The number of carbonyl (C=O) groups is 2.